The number of rotatable bonds is 4. The average molecular weight is 542 g/mol. The zero-order valence-electron chi connectivity index (χ0n) is 22.0. The van der Waals surface area contributed by atoms with Crippen LogP contribution in [-0.4, -0.2) is 79.2 Å². The highest BCUT2D eigenvalue weighted by atomic mass is 32.1. The van der Waals surface area contributed by atoms with Crippen LogP contribution >= 0.6 is 11.3 Å². The molecule has 11 heteroatoms. The number of aromatic amines is 1. The van der Waals surface area contributed by atoms with Crippen molar-refractivity contribution in [3.8, 4) is 11.4 Å². The van der Waals surface area contributed by atoms with E-state index in [-0.39, 0.29) is 0 Å². The van der Waals surface area contributed by atoms with Gasteiger partial charge in [-0.25, -0.2) is 9.97 Å². The van der Waals surface area contributed by atoms with Crippen LogP contribution in [-0.2, 0) is 17.7 Å². The third kappa shape index (κ3) is 4.02. The van der Waals surface area contributed by atoms with Crippen LogP contribution < -0.4 is 4.90 Å². The van der Waals surface area contributed by atoms with Gasteiger partial charge in [-0.3, -0.25) is 10.00 Å². The van der Waals surface area contributed by atoms with Crippen molar-refractivity contribution in [3.05, 3.63) is 47.0 Å². The summed E-state index contributed by atoms with van der Waals surface area (Å²) in [5, 5.41) is 17.2. The first-order chi connectivity index (χ1) is 19.2. The van der Waals surface area contributed by atoms with E-state index in [1.807, 2.05) is 29.7 Å². The Labute approximate surface area is 230 Å². The SMILES string of the molecule is Cc1nnc2n1[C@H]1CCN(Cc3cc4nc(-c5cccc6[nH]ncc56)nc(N5CCOCC5)c4s3)C[C@H]1CC2. The van der Waals surface area contributed by atoms with E-state index in [1.54, 1.807) is 0 Å². The number of benzene rings is 1. The molecule has 1 N–H and O–H groups in total. The predicted molar refractivity (Wildman–Crippen MR) is 151 cm³/mol. The first kappa shape index (κ1) is 23.5. The first-order valence-electron chi connectivity index (χ1n) is 13.9. The number of nitrogens with one attached hydrogen (secondary N) is 1. The molecular weight excluding hydrogens is 510 g/mol. The highest BCUT2D eigenvalue weighted by molar-refractivity contribution is 7.19. The van der Waals surface area contributed by atoms with Crippen LogP contribution in [0.15, 0.2) is 30.5 Å². The lowest BCUT2D eigenvalue weighted by Crippen LogP contribution is -2.43. The van der Waals surface area contributed by atoms with Crippen molar-refractivity contribution in [1.29, 1.82) is 0 Å². The molecule has 10 nitrogen and oxygen atoms in total. The molecule has 3 aliphatic rings. The Bertz CT molecular complexity index is 1670. The Morgan fingerprint density at radius 3 is 2.95 bits per heavy atom. The second kappa shape index (κ2) is 9.35. The van der Waals surface area contributed by atoms with Gasteiger partial charge in [0.2, 0.25) is 0 Å². The van der Waals surface area contributed by atoms with E-state index in [4.69, 9.17) is 14.7 Å². The molecule has 4 aromatic heterocycles. The number of anilines is 1. The normalized spacial score (nSPS) is 21.9. The van der Waals surface area contributed by atoms with E-state index in [2.05, 4.69) is 53.8 Å². The van der Waals surface area contributed by atoms with Crippen molar-refractivity contribution < 1.29 is 4.74 Å². The summed E-state index contributed by atoms with van der Waals surface area (Å²) in [7, 11) is 0. The predicted octanol–water partition coefficient (Wildman–Crippen LogP) is 3.98. The minimum atomic E-state index is 0.536. The maximum absolute atomic E-state index is 5.66. The Morgan fingerprint density at radius 1 is 1.10 bits per heavy atom. The molecule has 5 aromatic rings. The average Bonchev–Trinajstić information content (AvgIpc) is 3.71. The van der Waals surface area contributed by atoms with Crippen molar-refractivity contribution in [2.24, 2.45) is 5.92 Å². The lowest BCUT2D eigenvalue weighted by molar-refractivity contribution is 0.0979. The Kier molecular flexibility index (Phi) is 5.63. The van der Waals surface area contributed by atoms with Crippen molar-refractivity contribution in [1.82, 2.24) is 39.8 Å². The molecule has 0 radical (unpaired) electrons. The summed E-state index contributed by atoms with van der Waals surface area (Å²) < 4.78 is 9.25. The number of hydrogen-bond acceptors (Lipinski definition) is 9. The summed E-state index contributed by atoms with van der Waals surface area (Å²) in [5.74, 6) is 4.66. The van der Waals surface area contributed by atoms with Gasteiger partial charge < -0.3 is 14.2 Å². The Morgan fingerprint density at radius 2 is 2.03 bits per heavy atom. The van der Waals surface area contributed by atoms with Gasteiger partial charge in [-0.1, -0.05) is 12.1 Å². The molecule has 0 spiro atoms. The number of aromatic nitrogens is 7. The van der Waals surface area contributed by atoms with Crippen LogP contribution in [0.3, 0.4) is 0 Å². The van der Waals surface area contributed by atoms with E-state index in [0.29, 0.717) is 12.0 Å². The van der Waals surface area contributed by atoms with Crippen LogP contribution in [0, 0.1) is 12.8 Å². The molecule has 8 rings (SSSR count). The molecule has 200 valence electrons. The van der Waals surface area contributed by atoms with Crippen molar-refractivity contribution >= 4 is 38.3 Å². The fourth-order valence-corrected chi connectivity index (χ4v) is 7.88. The molecule has 3 aliphatic heterocycles. The molecule has 0 unspecified atom stereocenters. The van der Waals surface area contributed by atoms with Gasteiger partial charge in [0.15, 0.2) is 11.6 Å². The molecule has 0 saturated carbocycles. The second-order valence-corrected chi connectivity index (χ2v) is 12.1. The number of ether oxygens (including phenoxy) is 1. The van der Waals surface area contributed by atoms with E-state index >= 15 is 0 Å². The molecule has 1 aromatic carbocycles. The maximum Gasteiger partial charge on any atom is 0.162 e. The number of likely N-dealkylation sites (tertiary alicyclic amines) is 1. The highest BCUT2D eigenvalue weighted by Gasteiger charge is 2.36. The van der Waals surface area contributed by atoms with Crippen LogP contribution in [0.5, 0.6) is 0 Å². The largest absolute Gasteiger partial charge is 0.378 e. The van der Waals surface area contributed by atoms with Gasteiger partial charge in [0, 0.05) is 61.0 Å². The van der Waals surface area contributed by atoms with Gasteiger partial charge in [0.05, 0.1) is 35.1 Å². The second-order valence-electron chi connectivity index (χ2n) is 11.0. The van der Waals surface area contributed by atoms with Gasteiger partial charge in [0.25, 0.3) is 0 Å². The zero-order chi connectivity index (χ0) is 25.9. The van der Waals surface area contributed by atoms with E-state index < -0.39 is 0 Å². The minimum absolute atomic E-state index is 0.536. The standard InChI is InChI=1S/C28H31N9OS/c1-17-32-34-25-6-5-18-15-35(8-7-24(18)37(17)25)16-19-13-23-26(39-19)28(36-9-11-38-12-10-36)31-27(30-23)20-3-2-4-22-21(20)14-29-33-22/h2-4,13-14,18,24H,5-12,15-16H2,1H3,(H,29,33)/t18-,24+/m1/s1. The Balaban J connectivity index is 1.12. The minimum Gasteiger partial charge on any atom is -0.378 e. The van der Waals surface area contributed by atoms with E-state index in [1.165, 1.54) is 21.8 Å². The summed E-state index contributed by atoms with van der Waals surface area (Å²) >= 11 is 1.85. The quantitative estimate of drug-likeness (QED) is 0.365. The summed E-state index contributed by atoms with van der Waals surface area (Å²) in [5.41, 5.74) is 3.03. The molecular formula is C28H31N9OS. The molecule has 2 saturated heterocycles. The number of hydrogen-bond donors (Lipinski definition) is 1. The molecule has 0 aliphatic carbocycles. The third-order valence-corrected chi connectivity index (χ3v) is 9.71. The monoisotopic (exact) mass is 541 g/mol. The maximum atomic E-state index is 5.66. The van der Waals surface area contributed by atoms with E-state index in [0.717, 1.165) is 98.2 Å². The van der Waals surface area contributed by atoms with Gasteiger partial charge in [0.1, 0.15) is 11.6 Å². The fraction of sp³-hybridized carbons (Fsp3) is 0.464. The third-order valence-electron chi connectivity index (χ3n) is 8.61. The van der Waals surface area contributed by atoms with Crippen LogP contribution in [0.4, 0.5) is 5.82 Å². The lowest BCUT2D eigenvalue weighted by Gasteiger charge is -2.42. The molecule has 39 heavy (non-hydrogen) atoms. The number of thiophene rings is 1. The molecule has 7 heterocycles. The smallest absolute Gasteiger partial charge is 0.162 e. The summed E-state index contributed by atoms with van der Waals surface area (Å²) in [6.07, 6.45) is 5.24. The van der Waals surface area contributed by atoms with Crippen molar-refractivity contribution in [2.75, 3.05) is 44.3 Å². The molecule has 0 amide bonds. The topological polar surface area (TPSA) is 101 Å². The molecule has 2 atom stereocenters. The first-order valence-corrected chi connectivity index (χ1v) is 14.7. The number of piperidine rings is 1. The zero-order valence-corrected chi connectivity index (χ0v) is 22.8. The van der Waals surface area contributed by atoms with Crippen molar-refractivity contribution in [3.63, 3.8) is 0 Å². The number of fused-ring (bicyclic) bond motifs is 5. The number of aryl methyl sites for hydroxylation is 2. The summed E-state index contributed by atoms with van der Waals surface area (Å²) in [6.45, 7) is 8.38. The molecule has 0 bridgehead atoms. The van der Waals surface area contributed by atoms with Gasteiger partial charge in [-0.2, -0.15) is 5.10 Å². The van der Waals surface area contributed by atoms with Gasteiger partial charge >= 0.3 is 0 Å². The van der Waals surface area contributed by atoms with Crippen molar-refractivity contribution in [2.45, 2.75) is 38.8 Å². The van der Waals surface area contributed by atoms with Crippen LogP contribution in [0.25, 0.3) is 32.5 Å². The summed E-state index contributed by atoms with van der Waals surface area (Å²) in [4.78, 5) is 16.6. The number of morpholine rings is 1. The van der Waals surface area contributed by atoms with Crippen LogP contribution in [0.2, 0.25) is 0 Å². The lowest BCUT2D eigenvalue weighted by atomic mass is 9.85. The number of nitrogens with zero attached hydrogens (tertiary/aromatic N) is 8. The van der Waals surface area contributed by atoms with E-state index in [9.17, 15) is 0 Å². The molecule has 2 fully saturated rings. The van der Waals surface area contributed by atoms with Gasteiger partial charge in [-0.05, 0) is 37.8 Å². The Hall–Kier alpha value is -3.41. The fourth-order valence-electron chi connectivity index (χ4n) is 6.73. The van der Waals surface area contributed by atoms with Gasteiger partial charge in [-0.15, -0.1) is 21.5 Å². The number of H-pyrrole nitrogens is 1. The summed E-state index contributed by atoms with van der Waals surface area (Å²) in [6, 6.07) is 8.99. The highest BCUT2D eigenvalue weighted by Crippen LogP contribution is 2.39. The van der Waals surface area contributed by atoms with Crippen LogP contribution in [0.1, 0.15) is 35.4 Å².